The van der Waals surface area contributed by atoms with E-state index in [0.717, 1.165) is 11.4 Å². The summed E-state index contributed by atoms with van der Waals surface area (Å²) in [5.41, 5.74) is 3.15. The summed E-state index contributed by atoms with van der Waals surface area (Å²) in [7, 11) is 3.27. The summed E-state index contributed by atoms with van der Waals surface area (Å²) >= 11 is 1.28. The molecule has 1 atom stereocenters. The van der Waals surface area contributed by atoms with Crippen molar-refractivity contribution < 1.29 is 14.3 Å². The summed E-state index contributed by atoms with van der Waals surface area (Å²) in [4.78, 5) is 30.7. The molecule has 0 N–H and O–H groups in total. The van der Waals surface area contributed by atoms with E-state index in [1.54, 1.807) is 24.9 Å². The van der Waals surface area contributed by atoms with Gasteiger partial charge in [-0.2, -0.15) is 0 Å². The molecule has 1 aromatic carbocycles. The van der Waals surface area contributed by atoms with Crippen LogP contribution in [0.5, 0.6) is 0 Å². The summed E-state index contributed by atoms with van der Waals surface area (Å²) in [6, 6.07) is 9.32. The molecule has 3 aromatic rings. The minimum Gasteiger partial charge on any atom is -0.383 e. The van der Waals surface area contributed by atoms with Crippen molar-refractivity contribution >= 4 is 28.4 Å². The number of rotatable bonds is 10. The highest BCUT2D eigenvalue weighted by Gasteiger charge is 2.20. The largest absolute Gasteiger partial charge is 0.383 e. The van der Waals surface area contributed by atoms with Gasteiger partial charge in [0.2, 0.25) is 0 Å². The number of aryl methyl sites for hydroxylation is 1. The average Bonchev–Trinajstić information content (AvgIpc) is 3.05. The molecule has 0 amide bonds. The van der Waals surface area contributed by atoms with E-state index < -0.39 is 0 Å². The van der Waals surface area contributed by atoms with Crippen LogP contribution in [0, 0.1) is 13.8 Å². The maximum absolute atomic E-state index is 13.1. The van der Waals surface area contributed by atoms with Crippen LogP contribution in [0.1, 0.15) is 34.7 Å². The monoisotopic (exact) mass is 443 g/mol. The molecule has 166 valence electrons. The third-order valence-electron chi connectivity index (χ3n) is 5.31. The maximum Gasteiger partial charge on any atom is 0.262 e. The van der Waals surface area contributed by atoms with Gasteiger partial charge in [0.05, 0.1) is 42.5 Å². The van der Waals surface area contributed by atoms with Crippen molar-refractivity contribution in [1.29, 1.82) is 0 Å². The van der Waals surface area contributed by atoms with Crippen LogP contribution in [0.25, 0.3) is 10.9 Å². The first kappa shape index (κ1) is 23.2. The van der Waals surface area contributed by atoms with E-state index >= 15 is 0 Å². The second kappa shape index (κ2) is 10.3. The van der Waals surface area contributed by atoms with Crippen LogP contribution in [-0.4, -0.2) is 53.1 Å². The van der Waals surface area contributed by atoms with Crippen LogP contribution >= 0.6 is 11.8 Å². The molecule has 7 nitrogen and oxygen atoms in total. The summed E-state index contributed by atoms with van der Waals surface area (Å²) < 4.78 is 14.2. The van der Waals surface area contributed by atoms with E-state index in [0.29, 0.717) is 41.4 Å². The molecule has 0 bridgehead atoms. The second-order valence-electron chi connectivity index (χ2n) is 7.53. The van der Waals surface area contributed by atoms with Gasteiger partial charge >= 0.3 is 0 Å². The highest BCUT2D eigenvalue weighted by Crippen LogP contribution is 2.24. The van der Waals surface area contributed by atoms with Gasteiger partial charge in [-0.1, -0.05) is 23.9 Å². The first-order chi connectivity index (χ1) is 14.9. The zero-order chi connectivity index (χ0) is 22.5. The van der Waals surface area contributed by atoms with Crippen molar-refractivity contribution in [2.45, 2.75) is 38.5 Å². The van der Waals surface area contributed by atoms with E-state index in [4.69, 9.17) is 9.47 Å². The summed E-state index contributed by atoms with van der Waals surface area (Å²) in [6.07, 6.45) is 0. The van der Waals surface area contributed by atoms with Crippen molar-refractivity contribution in [1.82, 2.24) is 14.1 Å². The van der Waals surface area contributed by atoms with Gasteiger partial charge in [0, 0.05) is 31.2 Å². The average molecular weight is 444 g/mol. The number of benzene rings is 1. The molecule has 0 saturated heterocycles. The minimum absolute atomic E-state index is 0.00895. The molecule has 0 fully saturated rings. The molecule has 1 unspecified atom stereocenters. The van der Waals surface area contributed by atoms with Crippen molar-refractivity contribution in [3.63, 3.8) is 0 Å². The van der Waals surface area contributed by atoms with Gasteiger partial charge in [-0.25, -0.2) is 4.98 Å². The highest BCUT2D eigenvalue weighted by atomic mass is 32.2. The number of ketones is 1. The van der Waals surface area contributed by atoms with Crippen LogP contribution in [0.3, 0.4) is 0 Å². The molecule has 0 aliphatic carbocycles. The van der Waals surface area contributed by atoms with E-state index in [-0.39, 0.29) is 23.1 Å². The number of Topliss-reactive ketones (excluding diaryl/α,β-unsaturated/α-hetero) is 1. The van der Waals surface area contributed by atoms with Gasteiger partial charge in [0.15, 0.2) is 10.9 Å². The molecule has 0 aliphatic rings. The Kier molecular flexibility index (Phi) is 7.69. The molecular formula is C23H29N3O4S. The zero-order valence-corrected chi connectivity index (χ0v) is 19.5. The number of carbonyl (C=O) groups is 1. The number of fused-ring (bicyclic) bond motifs is 1. The highest BCUT2D eigenvalue weighted by molar-refractivity contribution is 7.99. The van der Waals surface area contributed by atoms with Gasteiger partial charge in [0.1, 0.15) is 0 Å². The smallest absolute Gasteiger partial charge is 0.262 e. The predicted molar refractivity (Wildman–Crippen MR) is 123 cm³/mol. The molecule has 31 heavy (non-hydrogen) atoms. The molecule has 2 aromatic heterocycles. The Bertz CT molecular complexity index is 1140. The minimum atomic E-state index is -0.121. The summed E-state index contributed by atoms with van der Waals surface area (Å²) in [5, 5.41) is 1.08. The number of ether oxygens (including phenoxy) is 2. The number of aromatic nitrogens is 3. The third kappa shape index (κ3) is 4.92. The molecule has 0 aliphatic heterocycles. The van der Waals surface area contributed by atoms with Crippen LogP contribution < -0.4 is 5.56 Å². The molecular weight excluding hydrogens is 414 g/mol. The van der Waals surface area contributed by atoms with Crippen LogP contribution in [0.4, 0.5) is 0 Å². The fourth-order valence-electron chi connectivity index (χ4n) is 3.90. The second-order valence-corrected chi connectivity index (χ2v) is 8.47. The quantitative estimate of drug-likeness (QED) is 0.271. The van der Waals surface area contributed by atoms with Crippen LogP contribution in [-0.2, 0) is 16.0 Å². The Morgan fingerprint density at radius 1 is 1.19 bits per heavy atom. The number of nitrogens with zero attached hydrogens (tertiary/aromatic N) is 3. The SMILES string of the molecule is COCCn1c(SCC(=O)c2cc(C)n(C(C)COC)c2C)nc2ccccc2c1=O. The Balaban J connectivity index is 1.88. The van der Waals surface area contributed by atoms with E-state index in [2.05, 4.69) is 16.5 Å². The van der Waals surface area contributed by atoms with E-state index in [1.165, 1.54) is 11.8 Å². The number of hydrogen-bond donors (Lipinski definition) is 0. The van der Waals surface area contributed by atoms with Crippen molar-refractivity contribution in [2.24, 2.45) is 0 Å². The van der Waals surface area contributed by atoms with Gasteiger partial charge < -0.3 is 14.0 Å². The Hall–Kier alpha value is -2.42. The molecule has 8 heteroatoms. The number of carbonyl (C=O) groups excluding carboxylic acids is 1. The third-order valence-corrected chi connectivity index (χ3v) is 6.29. The zero-order valence-electron chi connectivity index (χ0n) is 18.7. The first-order valence-electron chi connectivity index (χ1n) is 10.2. The van der Waals surface area contributed by atoms with E-state index in [9.17, 15) is 9.59 Å². The topological polar surface area (TPSA) is 75.3 Å². The summed E-state index contributed by atoms with van der Waals surface area (Å²) in [5.74, 6) is 0.204. The van der Waals surface area contributed by atoms with Gasteiger partial charge in [0.25, 0.3) is 5.56 Å². The molecule has 0 spiro atoms. The standard InChI is InChI=1S/C23H29N3O4S/c1-15-12-19(17(3)26(15)16(2)13-30-5)21(27)14-31-23-24-20-9-7-6-8-18(20)22(28)25(23)10-11-29-4/h6-9,12,16H,10-11,13-14H2,1-5H3. The molecule has 0 saturated carbocycles. The number of hydrogen-bond acceptors (Lipinski definition) is 6. The molecule has 0 radical (unpaired) electrons. The van der Waals surface area contributed by atoms with Crippen molar-refractivity contribution in [3.8, 4) is 0 Å². The normalized spacial score (nSPS) is 12.4. The van der Waals surface area contributed by atoms with Gasteiger partial charge in [-0.15, -0.1) is 0 Å². The first-order valence-corrected chi connectivity index (χ1v) is 11.2. The molecule has 2 heterocycles. The molecule has 3 rings (SSSR count). The lowest BCUT2D eigenvalue weighted by molar-refractivity contribution is 0.102. The fourth-order valence-corrected chi connectivity index (χ4v) is 4.81. The lowest BCUT2D eigenvalue weighted by atomic mass is 10.2. The summed E-state index contributed by atoms with van der Waals surface area (Å²) in [6.45, 7) is 7.37. The van der Waals surface area contributed by atoms with E-state index in [1.807, 2.05) is 38.1 Å². The van der Waals surface area contributed by atoms with Crippen molar-refractivity contribution in [3.05, 3.63) is 57.6 Å². The number of thioether (sulfide) groups is 1. The Morgan fingerprint density at radius 3 is 2.65 bits per heavy atom. The maximum atomic E-state index is 13.1. The van der Waals surface area contributed by atoms with Crippen molar-refractivity contribution in [2.75, 3.05) is 33.2 Å². The fraction of sp³-hybridized carbons (Fsp3) is 0.435. The Morgan fingerprint density at radius 2 is 1.94 bits per heavy atom. The predicted octanol–water partition coefficient (Wildman–Crippen LogP) is 3.64. The number of methoxy groups -OCH3 is 2. The lowest BCUT2D eigenvalue weighted by Gasteiger charge is -2.17. The Labute approximate surface area is 186 Å². The van der Waals surface area contributed by atoms with Crippen LogP contribution in [0.2, 0.25) is 0 Å². The van der Waals surface area contributed by atoms with Crippen LogP contribution in [0.15, 0.2) is 40.3 Å². The number of para-hydroxylation sites is 1. The lowest BCUT2D eigenvalue weighted by Crippen LogP contribution is -2.25. The van der Waals surface area contributed by atoms with Gasteiger partial charge in [-0.3, -0.25) is 14.2 Å². The van der Waals surface area contributed by atoms with Gasteiger partial charge in [-0.05, 0) is 39.0 Å².